The third-order valence-corrected chi connectivity index (χ3v) is 7.13. The van der Waals surface area contributed by atoms with Crippen LogP contribution in [0, 0.1) is 11.6 Å². The fraction of sp³-hybridized carbons (Fsp3) is 0.320. The molecule has 0 atom stereocenters. The molecule has 2 fully saturated rings. The first-order valence-corrected chi connectivity index (χ1v) is 11.9. The molecule has 2 aliphatic rings. The van der Waals surface area contributed by atoms with Crippen molar-refractivity contribution in [1.29, 1.82) is 0 Å². The van der Waals surface area contributed by atoms with Crippen molar-refractivity contribution in [3.8, 4) is 22.5 Å². The van der Waals surface area contributed by atoms with E-state index in [1.165, 1.54) is 38.4 Å². The number of likely N-dealkylation sites (tertiary alicyclic amines) is 1. The largest absolute Gasteiger partial charge is 0.367 e. The Morgan fingerprint density at radius 2 is 1.76 bits per heavy atom. The van der Waals surface area contributed by atoms with Crippen LogP contribution < -0.4 is 4.90 Å². The van der Waals surface area contributed by atoms with Gasteiger partial charge in [-0.25, -0.2) is 13.8 Å². The molecule has 1 N–H and O–H groups in total. The molecular weight excluding hydrogens is 458 g/mol. The van der Waals surface area contributed by atoms with Crippen LogP contribution in [0.5, 0.6) is 0 Å². The summed E-state index contributed by atoms with van der Waals surface area (Å²) >= 11 is 5.89. The summed E-state index contributed by atoms with van der Waals surface area (Å²) in [5, 5.41) is 6.78. The van der Waals surface area contributed by atoms with Gasteiger partial charge in [-0.1, -0.05) is 18.0 Å². The molecule has 0 aliphatic carbocycles. The molecule has 0 amide bonds. The van der Waals surface area contributed by atoms with E-state index < -0.39 is 11.6 Å². The summed E-state index contributed by atoms with van der Waals surface area (Å²) < 4.78 is 28.1. The quantitative estimate of drug-likeness (QED) is 0.402. The normalized spacial score (nSPS) is 17.3. The Kier molecular flexibility index (Phi) is 5.42. The predicted octanol–water partition coefficient (Wildman–Crippen LogP) is 5.29. The van der Waals surface area contributed by atoms with Crippen LogP contribution in [0.4, 0.5) is 14.5 Å². The smallest absolute Gasteiger partial charge is 0.144 e. The summed E-state index contributed by atoms with van der Waals surface area (Å²) in [5.74, 6) is -1.54. The van der Waals surface area contributed by atoms with Gasteiger partial charge >= 0.3 is 0 Å². The van der Waals surface area contributed by atoms with Crippen molar-refractivity contribution >= 4 is 28.3 Å². The van der Waals surface area contributed by atoms with Crippen LogP contribution in [-0.2, 0) is 0 Å². The predicted molar refractivity (Wildman–Crippen MR) is 129 cm³/mol. The molecule has 0 unspecified atom stereocenters. The van der Waals surface area contributed by atoms with Gasteiger partial charge in [-0.15, -0.1) is 0 Å². The number of fused-ring (bicyclic) bond motifs is 1. The molecule has 2 saturated heterocycles. The first-order valence-electron chi connectivity index (χ1n) is 11.5. The molecule has 6 rings (SSSR count). The van der Waals surface area contributed by atoms with Crippen molar-refractivity contribution in [1.82, 2.24) is 25.1 Å². The second-order valence-corrected chi connectivity index (χ2v) is 9.38. The van der Waals surface area contributed by atoms with Gasteiger partial charge in [0.25, 0.3) is 0 Å². The summed E-state index contributed by atoms with van der Waals surface area (Å²) in [4.78, 5) is 14.3. The topological polar surface area (TPSA) is 60.9 Å². The Bertz CT molecular complexity index is 1360. The average Bonchev–Trinajstić information content (AvgIpc) is 3.30. The monoisotopic (exact) mass is 480 g/mol. The van der Waals surface area contributed by atoms with Crippen molar-refractivity contribution in [2.75, 3.05) is 31.1 Å². The maximum atomic E-state index is 14.5. The Labute approximate surface area is 200 Å². The van der Waals surface area contributed by atoms with Crippen LogP contribution in [0.25, 0.3) is 33.5 Å². The van der Waals surface area contributed by atoms with Crippen molar-refractivity contribution in [2.24, 2.45) is 0 Å². The van der Waals surface area contributed by atoms with Gasteiger partial charge in [-0.2, -0.15) is 5.10 Å². The number of piperidine rings is 1. The van der Waals surface area contributed by atoms with Gasteiger partial charge in [0.15, 0.2) is 0 Å². The summed E-state index contributed by atoms with van der Waals surface area (Å²) in [5.41, 5.74) is 4.23. The zero-order valence-corrected chi connectivity index (χ0v) is 19.2. The third kappa shape index (κ3) is 3.80. The molecule has 9 heteroatoms. The lowest BCUT2D eigenvalue weighted by molar-refractivity contribution is 0.139. The molecule has 6 nitrogen and oxygen atoms in total. The second-order valence-electron chi connectivity index (χ2n) is 8.98. The van der Waals surface area contributed by atoms with E-state index in [4.69, 9.17) is 16.6 Å². The minimum absolute atomic E-state index is 0.112. The number of hydrogen-bond donors (Lipinski definition) is 1. The lowest BCUT2D eigenvalue weighted by Gasteiger charge is -2.47. The summed E-state index contributed by atoms with van der Waals surface area (Å²) in [6.07, 6.45) is 7.48. The number of nitrogens with zero attached hydrogens (tertiary/aromatic N) is 5. The number of anilines is 1. The van der Waals surface area contributed by atoms with E-state index in [-0.39, 0.29) is 10.6 Å². The van der Waals surface area contributed by atoms with Crippen molar-refractivity contribution in [3.05, 3.63) is 59.4 Å². The van der Waals surface area contributed by atoms with Gasteiger partial charge in [0.1, 0.15) is 17.3 Å². The van der Waals surface area contributed by atoms with Gasteiger partial charge in [0.2, 0.25) is 0 Å². The van der Waals surface area contributed by atoms with Crippen LogP contribution in [-0.4, -0.2) is 57.3 Å². The van der Waals surface area contributed by atoms with E-state index in [2.05, 4.69) is 25.0 Å². The van der Waals surface area contributed by atoms with E-state index in [1.54, 1.807) is 6.20 Å². The standard InChI is InChI=1S/C25H23ClF2N6/c26-19-9-17(20(27)10-21(19)28)25-18(12-30-32-25)22-4-5-23-24(31-22)8-15(11-29-23)34-13-16(14-34)33-6-2-1-3-7-33/h4-5,8-12,16H,1-3,6-7,13-14H2,(H,30,32). The highest BCUT2D eigenvalue weighted by Crippen LogP contribution is 2.34. The summed E-state index contributed by atoms with van der Waals surface area (Å²) in [7, 11) is 0. The van der Waals surface area contributed by atoms with Crippen LogP contribution in [0.3, 0.4) is 0 Å². The number of benzene rings is 1. The number of hydrogen-bond acceptors (Lipinski definition) is 5. The highest BCUT2D eigenvalue weighted by Gasteiger charge is 2.32. The van der Waals surface area contributed by atoms with Crippen molar-refractivity contribution in [2.45, 2.75) is 25.3 Å². The maximum Gasteiger partial charge on any atom is 0.144 e. The van der Waals surface area contributed by atoms with E-state index >= 15 is 0 Å². The molecule has 1 aromatic carbocycles. The zero-order valence-electron chi connectivity index (χ0n) is 18.4. The van der Waals surface area contributed by atoms with E-state index in [9.17, 15) is 8.78 Å². The first kappa shape index (κ1) is 21.4. The molecule has 0 saturated carbocycles. The average molecular weight is 481 g/mol. The third-order valence-electron chi connectivity index (χ3n) is 6.84. The highest BCUT2D eigenvalue weighted by molar-refractivity contribution is 6.31. The number of aromatic nitrogens is 4. The fourth-order valence-electron chi connectivity index (χ4n) is 4.89. The molecule has 174 valence electrons. The molecule has 34 heavy (non-hydrogen) atoms. The SMILES string of the molecule is Fc1cc(F)c(-c2n[nH]cc2-c2ccc3ncc(N4CC(N5CCCCC5)C4)cc3n2)cc1Cl. The van der Waals surface area contributed by atoms with Gasteiger partial charge in [-0.3, -0.25) is 15.0 Å². The van der Waals surface area contributed by atoms with Gasteiger partial charge in [0.05, 0.1) is 33.6 Å². The minimum atomic E-state index is -0.809. The number of H-pyrrole nitrogens is 1. The molecule has 0 spiro atoms. The van der Waals surface area contributed by atoms with Crippen LogP contribution in [0.2, 0.25) is 5.02 Å². The molecule has 0 radical (unpaired) electrons. The Morgan fingerprint density at radius 3 is 2.59 bits per heavy atom. The molecular formula is C25H23ClF2N6. The lowest BCUT2D eigenvalue weighted by atomic mass is 10.0. The Balaban J connectivity index is 1.29. The Hall–Kier alpha value is -3.10. The fourth-order valence-corrected chi connectivity index (χ4v) is 5.06. The van der Waals surface area contributed by atoms with Gasteiger partial charge in [0, 0.05) is 42.5 Å². The highest BCUT2D eigenvalue weighted by atomic mass is 35.5. The number of nitrogens with one attached hydrogen (secondary N) is 1. The zero-order chi connectivity index (χ0) is 23.2. The molecule has 3 aromatic heterocycles. The first-order chi connectivity index (χ1) is 16.6. The van der Waals surface area contributed by atoms with Gasteiger partial charge < -0.3 is 4.90 Å². The summed E-state index contributed by atoms with van der Waals surface area (Å²) in [6.45, 7) is 4.41. The van der Waals surface area contributed by atoms with Crippen LogP contribution in [0.15, 0.2) is 42.7 Å². The maximum absolute atomic E-state index is 14.5. The molecule has 5 heterocycles. The van der Waals surface area contributed by atoms with Crippen molar-refractivity contribution < 1.29 is 8.78 Å². The second kappa shape index (κ2) is 8.60. The van der Waals surface area contributed by atoms with E-state index in [0.717, 1.165) is 35.9 Å². The number of aromatic amines is 1. The molecule has 4 aromatic rings. The van der Waals surface area contributed by atoms with E-state index in [1.807, 2.05) is 24.4 Å². The number of halogens is 3. The molecule has 0 bridgehead atoms. The van der Waals surface area contributed by atoms with Crippen LogP contribution >= 0.6 is 11.6 Å². The van der Waals surface area contributed by atoms with E-state index in [0.29, 0.717) is 23.0 Å². The number of rotatable bonds is 4. The van der Waals surface area contributed by atoms with Gasteiger partial charge in [-0.05, 0) is 50.2 Å². The Morgan fingerprint density at radius 1 is 0.941 bits per heavy atom. The lowest BCUT2D eigenvalue weighted by Crippen LogP contribution is -2.60. The number of pyridine rings is 2. The van der Waals surface area contributed by atoms with Crippen LogP contribution in [0.1, 0.15) is 19.3 Å². The molecule has 2 aliphatic heterocycles. The minimum Gasteiger partial charge on any atom is -0.367 e. The summed E-state index contributed by atoms with van der Waals surface area (Å²) in [6, 6.07) is 8.38. The van der Waals surface area contributed by atoms with Crippen molar-refractivity contribution in [3.63, 3.8) is 0 Å².